The third-order valence-electron chi connectivity index (χ3n) is 3.98. The minimum Gasteiger partial charge on any atom is -0.352 e. The molecule has 2 atom stereocenters. The van der Waals surface area contributed by atoms with Crippen LogP contribution in [0.4, 0.5) is 0 Å². The molecule has 1 aliphatic rings. The van der Waals surface area contributed by atoms with Gasteiger partial charge in [-0.1, -0.05) is 44.2 Å². The lowest BCUT2D eigenvalue weighted by Gasteiger charge is -2.21. The van der Waals surface area contributed by atoms with Gasteiger partial charge < -0.3 is 16.0 Å². The van der Waals surface area contributed by atoms with Gasteiger partial charge in [0, 0.05) is 19.0 Å². The number of benzene rings is 1. The zero-order valence-corrected chi connectivity index (χ0v) is 15.2. The Bertz CT molecular complexity index is 516. The molecule has 1 heterocycles. The van der Waals surface area contributed by atoms with Gasteiger partial charge in [0.05, 0.1) is 0 Å². The summed E-state index contributed by atoms with van der Waals surface area (Å²) in [4.78, 5) is 24.7. The molecular formula is C18H28ClN3O2. The summed E-state index contributed by atoms with van der Waals surface area (Å²) in [5.41, 5.74) is 0.807. The topological polar surface area (TPSA) is 70.2 Å². The van der Waals surface area contributed by atoms with E-state index in [1.807, 2.05) is 44.2 Å². The van der Waals surface area contributed by atoms with E-state index in [-0.39, 0.29) is 30.1 Å². The summed E-state index contributed by atoms with van der Waals surface area (Å²) in [7, 11) is 0. The van der Waals surface area contributed by atoms with Gasteiger partial charge in [0.25, 0.3) is 0 Å². The van der Waals surface area contributed by atoms with Crippen LogP contribution in [-0.2, 0) is 9.59 Å². The average molecular weight is 354 g/mol. The fourth-order valence-corrected chi connectivity index (χ4v) is 2.79. The van der Waals surface area contributed by atoms with Crippen LogP contribution < -0.4 is 16.0 Å². The Morgan fingerprint density at radius 2 is 1.96 bits per heavy atom. The van der Waals surface area contributed by atoms with Crippen molar-refractivity contribution < 1.29 is 9.59 Å². The number of nitrogens with one attached hydrogen (secondary N) is 3. The first-order valence-electron chi connectivity index (χ1n) is 8.41. The number of carbonyl (C=O) groups is 2. The van der Waals surface area contributed by atoms with E-state index in [4.69, 9.17) is 0 Å². The van der Waals surface area contributed by atoms with Crippen LogP contribution in [0, 0.1) is 5.92 Å². The summed E-state index contributed by atoms with van der Waals surface area (Å²) in [6.07, 6.45) is 2.64. The summed E-state index contributed by atoms with van der Waals surface area (Å²) in [6.45, 7) is 5.59. The second kappa shape index (κ2) is 10.3. The number of rotatable bonds is 7. The van der Waals surface area contributed by atoms with Crippen LogP contribution in [0.1, 0.15) is 44.7 Å². The molecule has 0 radical (unpaired) electrons. The first-order chi connectivity index (χ1) is 11.1. The highest BCUT2D eigenvalue weighted by Gasteiger charge is 2.24. The van der Waals surface area contributed by atoms with Gasteiger partial charge in [-0.05, 0) is 30.9 Å². The van der Waals surface area contributed by atoms with Crippen molar-refractivity contribution in [2.45, 2.75) is 45.2 Å². The fraction of sp³-hybridized carbons (Fsp3) is 0.556. The molecule has 0 spiro atoms. The molecule has 0 bridgehead atoms. The van der Waals surface area contributed by atoms with Crippen LogP contribution in [0.2, 0.25) is 0 Å². The molecule has 5 nitrogen and oxygen atoms in total. The molecule has 0 aliphatic carbocycles. The van der Waals surface area contributed by atoms with Crippen molar-refractivity contribution >= 4 is 24.2 Å². The van der Waals surface area contributed by atoms with Crippen LogP contribution in [-0.4, -0.2) is 30.9 Å². The second-order valence-corrected chi connectivity index (χ2v) is 6.55. The van der Waals surface area contributed by atoms with Gasteiger partial charge in [-0.25, -0.2) is 0 Å². The van der Waals surface area contributed by atoms with Gasteiger partial charge in [0.15, 0.2) is 0 Å². The Balaban J connectivity index is 0.00000288. The molecule has 2 unspecified atom stereocenters. The van der Waals surface area contributed by atoms with Crippen LogP contribution in [0.3, 0.4) is 0 Å². The van der Waals surface area contributed by atoms with Crippen LogP contribution in [0.5, 0.6) is 0 Å². The van der Waals surface area contributed by atoms with E-state index in [2.05, 4.69) is 16.0 Å². The maximum Gasteiger partial charge on any atom is 0.247 e. The molecule has 0 saturated carbocycles. The highest BCUT2D eigenvalue weighted by molar-refractivity contribution is 5.88. The average Bonchev–Trinajstić information content (AvgIpc) is 3.04. The quantitative estimate of drug-likeness (QED) is 0.703. The molecule has 1 aromatic carbocycles. The molecule has 2 rings (SSSR count). The van der Waals surface area contributed by atoms with Crippen LogP contribution in [0.25, 0.3) is 0 Å². The first-order valence-corrected chi connectivity index (χ1v) is 8.41. The third-order valence-corrected chi connectivity index (χ3v) is 3.98. The van der Waals surface area contributed by atoms with Crippen molar-refractivity contribution in [3.63, 3.8) is 0 Å². The van der Waals surface area contributed by atoms with Gasteiger partial charge in [-0.15, -0.1) is 12.4 Å². The van der Waals surface area contributed by atoms with Crippen molar-refractivity contribution in [1.82, 2.24) is 16.0 Å². The van der Waals surface area contributed by atoms with E-state index in [0.717, 1.165) is 24.9 Å². The summed E-state index contributed by atoms with van der Waals surface area (Å²) < 4.78 is 0. The largest absolute Gasteiger partial charge is 0.352 e. The molecule has 3 N–H and O–H groups in total. The standard InChI is InChI=1S/C18H27N3O2.ClH/c1-13(2)11-16(22)21-17(14-7-4-3-5-8-14)18(23)20-12-15-9-6-10-19-15;/h3-5,7-8,13,15,17,19H,6,9-12H2,1-2H3,(H,20,23)(H,21,22);1H. The van der Waals surface area contributed by atoms with Crippen LogP contribution >= 0.6 is 12.4 Å². The normalized spacial score (nSPS) is 17.9. The van der Waals surface area contributed by atoms with Gasteiger partial charge in [-0.2, -0.15) is 0 Å². The molecular weight excluding hydrogens is 326 g/mol. The van der Waals surface area contributed by atoms with Crippen molar-refractivity contribution in [3.8, 4) is 0 Å². The number of amides is 2. The number of hydrogen-bond acceptors (Lipinski definition) is 3. The summed E-state index contributed by atoms with van der Waals surface area (Å²) in [6, 6.07) is 9.09. The van der Waals surface area contributed by atoms with Gasteiger partial charge >= 0.3 is 0 Å². The first kappa shape index (κ1) is 20.5. The molecule has 2 amide bonds. The number of carbonyl (C=O) groups excluding carboxylic acids is 2. The Kier molecular flexibility index (Phi) is 8.79. The predicted molar refractivity (Wildman–Crippen MR) is 98.1 cm³/mol. The molecule has 1 saturated heterocycles. The minimum absolute atomic E-state index is 0. The van der Waals surface area contributed by atoms with E-state index in [1.165, 1.54) is 0 Å². The van der Waals surface area contributed by atoms with Gasteiger partial charge in [-0.3, -0.25) is 9.59 Å². The molecule has 1 aromatic rings. The minimum atomic E-state index is -0.635. The van der Waals surface area contributed by atoms with E-state index < -0.39 is 6.04 Å². The van der Waals surface area contributed by atoms with Crippen molar-refractivity contribution in [1.29, 1.82) is 0 Å². The van der Waals surface area contributed by atoms with Gasteiger partial charge in [0.2, 0.25) is 11.8 Å². The van der Waals surface area contributed by atoms with Crippen LogP contribution in [0.15, 0.2) is 30.3 Å². The molecule has 24 heavy (non-hydrogen) atoms. The zero-order chi connectivity index (χ0) is 16.7. The van der Waals surface area contributed by atoms with E-state index in [0.29, 0.717) is 19.0 Å². The SMILES string of the molecule is CC(C)CC(=O)NC(C(=O)NCC1CCCN1)c1ccccc1.Cl. The fourth-order valence-electron chi connectivity index (χ4n) is 2.79. The molecule has 134 valence electrons. The lowest BCUT2D eigenvalue weighted by atomic mass is 10.0. The summed E-state index contributed by atoms with van der Waals surface area (Å²) in [5.74, 6) is 0.0159. The van der Waals surface area contributed by atoms with Crippen molar-refractivity contribution in [2.24, 2.45) is 5.92 Å². The maximum atomic E-state index is 12.6. The second-order valence-electron chi connectivity index (χ2n) is 6.55. The van der Waals surface area contributed by atoms with Gasteiger partial charge in [0.1, 0.15) is 6.04 Å². The molecule has 6 heteroatoms. The van der Waals surface area contributed by atoms with E-state index in [1.54, 1.807) is 0 Å². The smallest absolute Gasteiger partial charge is 0.247 e. The number of hydrogen-bond donors (Lipinski definition) is 3. The van der Waals surface area contributed by atoms with E-state index in [9.17, 15) is 9.59 Å². The lowest BCUT2D eigenvalue weighted by molar-refractivity contribution is -0.129. The highest BCUT2D eigenvalue weighted by atomic mass is 35.5. The monoisotopic (exact) mass is 353 g/mol. The van der Waals surface area contributed by atoms with E-state index >= 15 is 0 Å². The maximum absolute atomic E-state index is 12.6. The molecule has 1 fully saturated rings. The zero-order valence-electron chi connectivity index (χ0n) is 14.4. The Morgan fingerprint density at radius 3 is 2.54 bits per heavy atom. The van der Waals surface area contributed by atoms with Crippen molar-refractivity contribution in [2.75, 3.05) is 13.1 Å². The Labute approximate surface area is 150 Å². The summed E-state index contributed by atoms with van der Waals surface area (Å²) in [5, 5.41) is 9.19. The Hall–Kier alpha value is -1.59. The highest BCUT2D eigenvalue weighted by Crippen LogP contribution is 2.14. The summed E-state index contributed by atoms with van der Waals surface area (Å²) >= 11 is 0. The number of halogens is 1. The molecule has 1 aliphatic heterocycles. The molecule has 0 aromatic heterocycles. The van der Waals surface area contributed by atoms with Crippen molar-refractivity contribution in [3.05, 3.63) is 35.9 Å². The Morgan fingerprint density at radius 1 is 1.25 bits per heavy atom. The third kappa shape index (κ3) is 6.49. The predicted octanol–water partition coefficient (Wildman–Crippen LogP) is 2.18. The lowest BCUT2D eigenvalue weighted by Crippen LogP contribution is -2.44.